The molecule has 70 valence electrons. The van der Waals surface area contributed by atoms with Crippen LogP contribution in [-0.2, 0) is 0 Å². The SMILES string of the molecule is C[I-]C1CCCCN2NSN=C12. The summed E-state index contributed by atoms with van der Waals surface area (Å²) in [6, 6.07) is 0. The maximum absolute atomic E-state index is 4.45. The van der Waals surface area contributed by atoms with Crippen LogP contribution in [-0.4, -0.2) is 26.2 Å². The number of fused-ring (bicyclic) bond motifs is 1. The van der Waals surface area contributed by atoms with Crippen molar-refractivity contribution >= 4 is 18.0 Å². The minimum absolute atomic E-state index is 0.309. The predicted molar refractivity (Wildman–Crippen MR) is 48.4 cm³/mol. The molecule has 0 aromatic rings. The van der Waals surface area contributed by atoms with E-state index in [2.05, 4.69) is 19.2 Å². The van der Waals surface area contributed by atoms with E-state index in [0.717, 1.165) is 10.5 Å². The fourth-order valence-corrected chi connectivity index (χ4v) is 4.46. The van der Waals surface area contributed by atoms with Crippen LogP contribution in [0.5, 0.6) is 0 Å². The average Bonchev–Trinajstić information content (AvgIpc) is 2.46. The molecule has 3 nitrogen and oxygen atoms in total. The van der Waals surface area contributed by atoms with Crippen LogP contribution in [0.3, 0.4) is 0 Å². The number of hydrogen-bond acceptors (Lipinski definition) is 4. The molecule has 0 radical (unpaired) electrons. The summed E-state index contributed by atoms with van der Waals surface area (Å²) in [5.41, 5.74) is 0. The monoisotopic (exact) mass is 298 g/mol. The predicted octanol–water partition coefficient (Wildman–Crippen LogP) is -1.96. The van der Waals surface area contributed by atoms with Gasteiger partial charge >= 0.3 is 88.1 Å². The minimum atomic E-state index is 0.309. The fraction of sp³-hybridized carbons (Fsp3) is 0.857. The zero-order valence-electron chi connectivity index (χ0n) is 7.09. The third kappa shape index (κ3) is 1.72. The van der Waals surface area contributed by atoms with Crippen molar-refractivity contribution < 1.29 is 21.2 Å². The Morgan fingerprint density at radius 2 is 2.58 bits per heavy atom. The van der Waals surface area contributed by atoms with Crippen molar-refractivity contribution in [2.75, 3.05) is 11.5 Å². The van der Waals surface area contributed by atoms with Crippen LogP contribution in [0.1, 0.15) is 19.3 Å². The first-order chi connectivity index (χ1) is 5.92. The molecule has 0 aromatic carbocycles. The van der Waals surface area contributed by atoms with Crippen LogP contribution >= 0.6 is 12.1 Å². The summed E-state index contributed by atoms with van der Waals surface area (Å²) < 4.78 is 5.25. The van der Waals surface area contributed by atoms with Gasteiger partial charge in [0.25, 0.3) is 0 Å². The average molecular weight is 298 g/mol. The molecule has 1 fully saturated rings. The number of amidine groups is 1. The zero-order chi connectivity index (χ0) is 8.39. The molecule has 2 rings (SSSR count). The summed E-state index contributed by atoms with van der Waals surface area (Å²) in [5.74, 6) is 1.33. The Morgan fingerprint density at radius 3 is 3.42 bits per heavy atom. The van der Waals surface area contributed by atoms with Crippen LogP contribution in [0.15, 0.2) is 4.40 Å². The summed E-state index contributed by atoms with van der Waals surface area (Å²) in [5, 5.41) is 2.24. The number of rotatable bonds is 1. The number of nitrogens with zero attached hydrogens (tertiary/aromatic N) is 2. The first-order valence-corrected chi connectivity index (χ1v) is 8.34. The molecule has 1 N–H and O–H groups in total. The van der Waals surface area contributed by atoms with Gasteiger partial charge in [-0.3, -0.25) is 0 Å². The van der Waals surface area contributed by atoms with Gasteiger partial charge in [-0.05, 0) is 0 Å². The Balaban J connectivity index is 2.12. The summed E-state index contributed by atoms with van der Waals surface area (Å²) in [6.07, 6.45) is 4.05. The molecule has 1 unspecified atom stereocenters. The second-order valence-corrected chi connectivity index (χ2v) is 6.26. The van der Waals surface area contributed by atoms with Gasteiger partial charge in [-0.25, -0.2) is 0 Å². The van der Waals surface area contributed by atoms with E-state index in [1.165, 1.54) is 37.2 Å². The molecule has 5 heteroatoms. The number of hydrazine groups is 1. The van der Waals surface area contributed by atoms with E-state index in [0.29, 0.717) is 21.2 Å². The van der Waals surface area contributed by atoms with Gasteiger partial charge in [-0.15, -0.1) is 0 Å². The standard InChI is InChI=1S/C7H13IN3S/c1-8-6-4-2-3-5-11-7(6)9-12-10-11/h6,10H,2-5H2,1H3/q-1. The molecule has 0 spiro atoms. The number of alkyl halides is 2. The maximum atomic E-state index is 4.45. The van der Waals surface area contributed by atoms with Crippen molar-refractivity contribution in [1.29, 1.82) is 0 Å². The van der Waals surface area contributed by atoms with Gasteiger partial charge in [0.2, 0.25) is 0 Å². The summed E-state index contributed by atoms with van der Waals surface area (Å²) >= 11 is 1.80. The van der Waals surface area contributed by atoms with Crippen molar-refractivity contribution in [3.05, 3.63) is 0 Å². The summed E-state index contributed by atoms with van der Waals surface area (Å²) in [4.78, 5) is 5.59. The molecular formula is C7H13IN3S-. The van der Waals surface area contributed by atoms with Gasteiger partial charge in [0.15, 0.2) is 0 Å². The van der Waals surface area contributed by atoms with E-state index in [-0.39, 0.29) is 0 Å². The molecule has 0 aliphatic carbocycles. The third-order valence-electron chi connectivity index (χ3n) is 2.20. The molecule has 0 amide bonds. The van der Waals surface area contributed by atoms with E-state index >= 15 is 0 Å². The molecular weight excluding hydrogens is 285 g/mol. The third-order valence-corrected chi connectivity index (χ3v) is 5.46. The van der Waals surface area contributed by atoms with Crippen molar-refractivity contribution in [2.24, 2.45) is 4.40 Å². The van der Waals surface area contributed by atoms with Gasteiger partial charge in [0.05, 0.1) is 0 Å². The van der Waals surface area contributed by atoms with E-state index < -0.39 is 0 Å². The van der Waals surface area contributed by atoms with Gasteiger partial charge < -0.3 is 0 Å². The fourth-order valence-electron chi connectivity index (χ4n) is 1.53. The first-order valence-electron chi connectivity index (χ1n) is 4.17. The van der Waals surface area contributed by atoms with E-state index in [1.54, 1.807) is 0 Å². The summed E-state index contributed by atoms with van der Waals surface area (Å²) in [7, 11) is 0. The van der Waals surface area contributed by atoms with Gasteiger partial charge in [0, 0.05) is 0 Å². The van der Waals surface area contributed by atoms with Gasteiger partial charge in [-0.2, -0.15) is 0 Å². The van der Waals surface area contributed by atoms with E-state index in [9.17, 15) is 0 Å². The molecule has 1 atom stereocenters. The van der Waals surface area contributed by atoms with E-state index in [4.69, 9.17) is 0 Å². The number of halogens is 1. The number of hydrogen-bond donors (Lipinski definition) is 1. The zero-order valence-corrected chi connectivity index (χ0v) is 10.1. The Hall–Kier alpha value is 0.510. The van der Waals surface area contributed by atoms with E-state index in [1.807, 2.05) is 0 Å². The molecule has 0 bridgehead atoms. The van der Waals surface area contributed by atoms with Gasteiger partial charge in [-0.1, -0.05) is 0 Å². The summed E-state index contributed by atoms with van der Waals surface area (Å²) in [6.45, 7) is 1.14. The van der Waals surface area contributed by atoms with Crippen LogP contribution < -0.4 is 26.0 Å². The Morgan fingerprint density at radius 1 is 1.67 bits per heavy atom. The Kier molecular flexibility index (Phi) is 3.14. The van der Waals surface area contributed by atoms with Crippen LogP contribution in [0.4, 0.5) is 0 Å². The van der Waals surface area contributed by atoms with Crippen LogP contribution in [0.25, 0.3) is 0 Å². The quantitative estimate of drug-likeness (QED) is 0.346. The van der Waals surface area contributed by atoms with Crippen LogP contribution in [0, 0.1) is 0 Å². The molecule has 0 saturated carbocycles. The van der Waals surface area contributed by atoms with Crippen molar-refractivity contribution in [3.8, 4) is 0 Å². The molecule has 2 aliphatic heterocycles. The van der Waals surface area contributed by atoms with Crippen molar-refractivity contribution in [3.63, 3.8) is 0 Å². The topological polar surface area (TPSA) is 27.6 Å². The van der Waals surface area contributed by atoms with Crippen molar-refractivity contribution in [1.82, 2.24) is 9.84 Å². The van der Waals surface area contributed by atoms with Gasteiger partial charge in [0.1, 0.15) is 0 Å². The molecule has 2 heterocycles. The van der Waals surface area contributed by atoms with Crippen LogP contribution in [0.2, 0.25) is 0 Å². The Labute approximate surface area is 87.9 Å². The molecule has 2 aliphatic rings. The molecule has 0 aromatic heterocycles. The Bertz CT molecular complexity index is 197. The number of nitrogens with one attached hydrogen (secondary N) is 1. The molecule has 1 saturated heterocycles. The normalized spacial score (nSPS) is 29.9. The second kappa shape index (κ2) is 4.15. The first kappa shape index (κ1) is 9.08. The van der Waals surface area contributed by atoms with Crippen molar-refractivity contribution in [2.45, 2.75) is 23.2 Å². The molecule has 12 heavy (non-hydrogen) atoms. The second-order valence-electron chi connectivity index (χ2n) is 2.97.